The van der Waals surface area contributed by atoms with E-state index in [-0.39, 0.29) is 28.3 Å². The lowest BCUT2D eigenvalue weighted by Gasteiger charge is -2.44. The minimum Gasteiger partial charge on any atom is -0.487 e. The summed E-state index contributed by atoms with van der Waals surface area (Å²) in [6.07, 6.45) is 2.45. The van der Waals surface area contributed by atoms with Crippen LogP contribution >= 0.6 is 11.6 Å². The van der Waals surface area contributed by atoms with Crippen LogP contribution in [0.5, 0.6) is 5.75 Å². The fraction of sp³-hybridized carbons (Fsp3) is 0.433. The van der Waals surface area contributed by atoms with Crippen molar-refractivity contribution in [3.8, 4) is 5.75 Å². The molecule has 2 aliphatic carbocycles. The number of aliphatic imine (C=N–C) groups is 1. The van der Waals surface area contributed by atoms with Crippen LogP contribution in [0.15, 0.2) is 64.8 Å². The summed E-state index contributed by atoms with van der Waals surface area (Å²) in [5, 5.41) is 0.510. The molecule has 1 fully saturated rings. The number of hydrogen-bond acceptors (Lipinski definition) is 4. The molecule has 35 heavy (non-hydrogen) atoms. The minimum atomic E-state index is -0.407. The van der Waals surface area contributed by atoms with Gasteiger partial charge in [-0.25, -0.2) is 0 Å². The largest absolute Gasteiger partial charge is 0.487 e. The average molecular weight is 490 g/mol. The van der Waals surface area contributed by atoms with Gasteiger partial charge in [0.2, 0.25) is 0 Å². The number of hydrogen-bond donors (Lipinski definition) is 0. The van der Waals surface area contributed by atoms with Gasteiger partial charge in [0, 0.05) is 35.7 Å². The highest BCUT2D eigenvalue weighted by molar-refractivity contribution is 6.32. The molecule has 0 amide bonds. The molecule has 0 bridgehead atoms. The monoisotopic (exact) mass is 489 g/mol. The first-order valence-corrected chi connectivity index (χ1v) is 12.7. The summed E-state index contributed by atoms with van der Waals surface area (Å²) in [6, 6.07) is 15.6. The average Bonchev–Trinajstić information content (AvgIpc) is 2.76. The van der Waals surface area contributed by atoms with Crippen LogP contribution in [0, 0.1) is 16.7 Å². The Bertz CT molecular complexity index is 1260. The molecule has 0 saturated heterocycles. The Hall–Kier alpha value is -2.72. The molecule has 0 N–H and O–H groups in total. The van der Waals surface area contributed by atoms with E-state index in [0.717, 1.165) is 35.4 Å². The number of carbonyl (C=O) groups excluding carboxylic acids is 2. The lowest BCUT2D eigenvalue weighted by Crippen LogP contribution is -2.45. The van der Waals surface area contributed by atoms with E-state index in [2.05, 4.69) is 27.7 Å². The number of carbonyl (C=O) groups is 2. The van der Waals surface area contributed by atoms with Gasteiger partial charge in [-0.15, -0.1) is 0 Å². The molecule has 5 heteroatoms. The minimum absolute atomic E-state index is 0.100. The van der Waals surface area contributed by atoms with Gasteiger partial charge in [0.15, 0.2) is 5.78 Å². The normalized spacial score (nSPS) is 25.0. The molecule has 1 aliphatic heterocycles. The van der Waals surface area contributed by atoms with E-state index in [1.165, 1.54) is 0 Å². The molecule has 0 aromatic heterocycles. The van der Waals surface area contributed by atoms with Gasteiger partial charge in [-0.05, 0) is 46.9 Å². The molecule has 1 saturated carbocycles. The highest BCUT2D eigenvalue weighted by atomic mass is 35.5. The Morgan fingerprint density at radius 1 is 0.914 bits per heavy atom. The van der Waals surface area contributed by atoms with Gasteiger partial charge in [-0.1, -0.05) is 75.7 Å². The smallest absolute Gasteiger partial charge is 0.161 e. The Morgan fingerprint density at radius 3 is 2.37 bits per heavy atom. The Morgan fingerprint density at radius 2 is 1.63 bits per heavy atom. The van der Waals surface area contributed by atoms with Crippen molar-refractivity contribution in [3.05, 3.63) is 76.0 Å². The zero-order valence-electron chi connectivity index (χ0n) is 20.9. The van der Waals surface area contributed by atoms with Crippen molar-refractivity contribution in [2.24, 2.45) is 21.7 Å². The van der Waals surface area contributed by atoms with Crippen molar-refractivity contribution in [2.45, 2.75) is 65.9 Å². The zero-order valence-corrected chi connectivity index (χ0v) is 21.6. The number of fused-ring (bicyclic) bond motifs is 1. The van der Waals surface area contributed by atoms with Crippen molar-refractivity contribution < 1.29 is 14.3 Å². The standard InChI is InChI=1S/C30H32ClNO3/c1-29(2)13-21-27(23(33)15-29)26(28-22(32-21)14-30(3,4)16-24(28)34)19-10-11-20(31)25(12-19)35-17-18-8-6-5-7-9-18/h5-12,26-27H,13-17H2,1-4H3. The predicted octanol–water partition coefficient (Wildman–Crippen LogP) is 7.11. The van der Waals surface area contributed by atoms with Gasteiger partial charge >= 0.3 is 0 Å². The van der Waals surface area contributed by atoms with Crippen LogP contribution in [-0.4, -0.2) is 17.3 Å². The van der Waals surface area contributed by atoms with Crippen molar-refractivity contribution >= 4 is 28.9 Å². The highest BCUT2D eigenvalue weighted by Gasteiger charge is 2.49. The van der Waals surface area contributed by atoms with Crippen LogP contribution in [0.2, 0.25) is 5.02 Å². The molecule has 0 spiro atoms. The van der Waals surface area contributed by atoms with Crippen molar-refractivity contribution in [3.63, 3.8) is 0 Å². The third-order valence-electron chi connectivity index (χ3n) is 7.39. The summed E-state index contributed by atoms with van der Waals surface area (Å²) >= 11 is 6.51. The molecule has 2 aromatic rings. The van der Waals surface area contributed by atoms with Crippen LogP contribution in [0.4, 0.5) is 0 Å². The molecular formula is C30H32ClNO3. The van der Waals surface area contributed by atoms with E-state index in [4.69, 9.17) is 21.3 Å². The fourth-order valence-corrected chi connectivity index (χ4v) is 6.10. The molecule has 0 radical (unpaired) electrons. The highest BCUT2D eigenvalue weighted by Crippen LogP contribution is 2.52. The molecule has 2 atom stereocenters. The summed E-state index contributed by atoms with van der Waals surface area (Å²) < 4.78 is 6.10. The Balaban J connectivity index is 1.58. The maximum atomic E-state index is 13.5. The van der Waals surface area contributed by atoms with Gasteiger partial charge in [0.05, 0.1) is 10.9 Å². The van der Waals surface area contributed by atoms with E-state index in [1.807, 2.05) is 48.5 Å². The summed E-state index contributed by atoms with van der Waals surface area (Å²) in [7, 11) is 0. The maximum Gasteiger partial charge on any atom is 0.161 e. The number of rotatable bonds is 4. The molecule has 1 heterocycles. The lowest BCUT2D eigenvalue weighted by molar-refractivity contribution is -0.124. The summed E-state index contributed by atoms with van der Waals surface area (Å²) in [6.45, 7) is 8.86. The molecule has 2 unspecified atom stereocenters. The first-order valence-electron chi connectivity index (χ1n) is 12.4. The molecule has 3 aliphatic rings. The summed E-state index contributed by atoms with van der Waals surface area (Å²) in [5.41, 5.74) is 4.14. The van der Waals surface area contributed by atoms with Gasteiger partial charge in [-0.2, -0.15) is 0 Å². The van der Waals surface area contributed by atoms with E-state index in [0.29, 0.717) is 35.8 Å². The third kappa shape index (κ3) is 4.73. The second-order valence-corrected chi connectivity index (χ2v) is 12.2. The van der Waals surface area contributed by atoms with Gasteiger partial charge in [-0.3, -0.25) is 14.6 Å². The summed E-state index contributed by atoms with van der Waals surface area (Å²) in [4.78, 5) is 32.0. The summed E-state index contributed by atoms with van der Waals surface area (Å²) in [5.74, 6) is 0.0711. The van der Waals surface area contributed by atoms with Crippen LogP contribution in [-0.2, 0) is 16.2 Å². The van der Waals surface area contributed by atoms with E-state index >= 15 is 0 Å². The van der Waals surface area contributed by atoms with E-state index in [9.17, 15) is 9.59 Å². The number of ether oxygens (including phenoxy) is 1. The topological polar surface area (TPSA) is 55.7 Å². The molecule has 2 aromatic carbocycles. The van der Waals surface area contributed by atoms with Crippen molar-refractivity contribution in [1.29, 1.82) is 0 Å². The molecule has 5 rings (SSSR count). The second kappa shape index (κ2) is 8.74. The van der Waals surface area contributed by atoms with Crippen LogP contribution in [0.25, 0.3) is 0 Å². The molecular weight excluding hydrogens is 458 g/mol. The third-order valence-corrected chi connectivity index (χ3v) is 7.70. The van der Waals surface area contributed by atoms with Gasteiger partial charge < -0.3 is 4.74 Å². The second-order valence-electron chi connectivity index (χ2n) is 11.8. The Labute approximate surface area is 212 Å². The molecule has 4 nitrogen and oxygen atoms in total. The van der Waals surface area contributed by atoms with Crippen LogP contribution < -0.4 is 4.74 Å². The predicted molar refractivity (Wildman–Crippen MR) is 139 cm³/mol. The number of nitrogens with zero attached hydrogens (tertiary/aromatic N) is 1. The van der Waals surface area contributed by atoms with E-state index in [1.54, 1.807) is 0 Å². The van der Waals surface area contributed by atoms with Gasteiger partial charge in [0.1, 0.15) is 18.1 Å². The van der Waals surface area contributed by atoms with Crippen LogP contribution in [0.1, 0.15) is 70.4 Å². The quantitative estimate of drug-likeness (QED) is 0.460. The fourth-order valence-electron chi connectivity index (χ4n) is 5.93. The number of Topliss-reactive ketones (excluding diaryl/α,β-unsaturated/α-hetero) is 2. The first kappa shape index (κ1) is 24.0. The lowest BCUT2D eigenvalue weighted by atomic mass is 9.60. The van der Waals surface area contributed by atoms with E-state index < -0.39 is 5.92 Å². The number of allylic oxidation sites excluding steroid dienone is 2. The maximum absolute atomic E-state index is 13.5. The SMILES string of the molecule is CC1(C)CC(=O)C2C(=NC3=C(C(=O)CC(C)(C)C3)C2c2ccc(Cl)c(OCc3ccccc3)c2)C1. The van der Waals surface area contributed by atoms with Gasteiger partial charge in [0.25, 0.3) is 0 Å². The van der Waals surface area contributed by atoms with Crippen LogP contribution in [0.3, 0.4) is 0 Å². The number of ketones is 2. The number of benzene rings is 2. The van der Waals surface area contributed by atoms with Crippen molar-refractivity contribution in [2.75, 3.05) is 0 Å². The Kier molecular flexibility index (Phi) is 5.99. The number of halogens is 1. The van der Waals surface area contributed by atoms with Crippen molar-refractivity contribution in [1.82, 2.24) is 0 Å². The zero-order chi connectivity index (χ0) is 25.0. The molecule has 182 valence electrons. The first-order chi connectivity index (χ1) is 16.5.